The Hall–Kier alpha value is -0.120. The molecule has 0 radical (unpaired) electrons. The fourth-order valence-electron chi connectivity index (χ4n) is 5.50. The second-order valence-electron chi connectivity index (χ2n) is 11.8. The van der Waals surface area contributed by atoms with Crippen molar-refractivity contribution in [3.8, 4) is 0 Å². The molecule has 0 aromatic rings. The van der Waals surface area contributed by atoms with Crippen LogP contribution >= 0.6 is 0 Å². The third-order valence-corrected chi connectivity index (χ3v) is 8.13. The fourth-order valence-corrected chi connectivity index (χ4v) is 5.50. The van der Waals surface area contributed by atoms with Gasteiger partial charge >= 0.3 is 0 Å². The Morgan fingerprint density at radius 2 is 0.541 bits per heavy atom. The van der Waals surface area contributed by atoms with Gasteiger partial charge in [-0.25, -0.2) is 0 Å². The van der Waals surface area contributed by atoms with Crippen molar-refractivity contribution in [1.82, 2.24) is 9.80 Å². The highest BCUT2D eigenvalue weighted by Gasteiger charge is 2.09. The molecule has 0 bridgehead atoms. The molecule has 0 aliphatic rings. The molecule has 224 valence electrons. The van der Waals surface area contributed by atoms with Gasteiger partial charge in [0.15, 0.2) is 0 Å². The third kappa shape index (κ3) is 28.7. The van der Waals surface area contributed by atoms with Crippen LogP contribution in [0.2, 0.25) is 0 Å². The van der Waals surface area contributed by atoms with Crippen LogP contribution in [-0.4, -0.2) is 60.8 Å². The molecule has 0 aliphatic carbocycles. The van der Waals surface area contributed by atoms with Crippen molar-refractivity contribution in [1.29, 1.82) is 0 Å². The summed E-state index contributed by atoms with van der Waals surface area (Å²) >= 11 is 0. The van der Waals surface area contributed by atoms with Gasteiger partial charge in [0.2, 0.25) is 0 Å². The summed E-state index contributed by atoms with van der Waals surface area (Å²) in [7, 11) is 0. The van der Waals surface area contributed by atoms with Crippen LogP contribution in [0.25, 0.3) is 0 Å². The minimum Gasteiger partial charge on any atom is -0.395 e. The molecule has 37 heavy (non-hydrogen) atoms. The van der Waals surface area contributed by atoms with E-state index in [9.17, 15) is 5.11 Å². The van der Waals surface area contributed by atoms with Gasteiger partial charge in [-0.15, -0.1) is 0 Å². The molecule has 0 saturated carbocycles. The molecule has 0 rings (SSSR count). The average Bonchev–Trinajstić information content (AvgIpc) is 2.91. The van der Waals surface area contributed by atoms with E-state index in [1.54, 1.807) is 0 Å². The average molecular weight is 525 g/mol. The number of aliphatic hydroxyl groups excluding tert-OH is 1. The molecule has 0 aromatic heterocycles. The molecular weight excluding hydrogens is 452 g/mol. The summed E-state index contributed by atoms with van der Waals surface area (Å²) in [6.45, 7) is 14.0. The molecule has 1 N–H and O–H groups in total. The zero-order valence-corrected chi connectivity index (χ0v) is 26.3. The Kier molecular flexibility index (Phi) is 32.0. The zero-order valence-electron chi connectivity index (χ0n) is 26.3. The maximum Gasteiger partial charge on any atom is 0.0558 e. The van der Waals surface area contributed by atoms with E-state index in [4.69, 9.17) is 0 Å². The number of nitrogens with zero attached hydrogens (tertiary/aromatic N) is 2. The van der Waals surface area contributed by atoms with Gasteiger partial charge in [0, 0.05) is 19.6 Å². The minimum absolute atomic E-state index is 0.296. The van der Waals surface area contributed by atoms with Crippen LogP contribution < -0.4 is 0 Å². The van der Waals surface area contributed by atoms with Crippen molar-refractivity contribution in [2.24, 2.45) is 0 Å². The fraction of sp³-hybridized carbons (Fsp3) is 1.00. The molecule has 0 heterocycles. The second-order valence-corrected chi connectivity index (χ2v) is 11.8. The second kappa shape index (κ2) is 32.1. The number of rotatable bonds is 32. The molecule has 0 aliphatic heterocycles. The lowest BCUT2D eigenvalue weighted by Crippen LogP contribution is -2.38. The predicted octanol–water partition coefficient (Wildman–Crippen LogP) is 10.0. The van der Waals surface area contributed by atoms with Gasteiger partial charge < -0.3 is 10.0 Å². The molecule has 0 amide bonds. The van der Waals surface area contributed by atoms with Gasteiger partial charge in [0.25, 0.3) is 0 Å². The van der Waals surface area contributed by atoms with E-state index in [1.165, 1.54) is 174 Å². The molecule has 0 spiro atoms. The molecule has 0 atom stereocenters. The summed E-state index contributed by atoms with van der Waals surface area (Å²) in [6, 6.07) is 0. The van der Waals surface area contributed by atoms with Gasteiger partial charge in [-0.3, -0.25) is 4.90 Å². The zero-order chi connectivity index (χ0) is 27.1. The summed E-state index contributed by atoms with van der Waals surface area (Å²) in [5.41, 5.74) is 0. The monoisotopic (exact) mass is 525 g/mol. The largest absolute Gasteiger partial charge is 0.395 e. The lowest BCUT2D eigenvalue weighted by molar-refractivity contribution is 0.163. The Morgan fingerprint density at radius 1 is 0.297 bits per heavy atom. The van der Waals surface area contributed by atoms with E-state index >= 15 is 0 Å². The van der Waals surface area contributed by atoms with Crippen molar-refractivity contribution < 1.29 is 5.11 Å². The van der Waals surface area contributed by atoms with Crippen molar-refractivity contribution >= 4 is 0 Å². The van der Waals surface area contributed by atoms with E-state index in [0.717, 1.165) is 19.6 Å². The molecule has 0 aromatic carbocycles. The predicted molar refractivity (Wildman–Crippen MR) is 168 cm³/mol. The van der Waals surface area contributed by atoms with Crippen molar-refractivity contribution in [3.63, 3.8) is 0 Å². The van der Waals surface area contributed by atoms with E-state index in [2.05, 4.69) is 30.6 Å². The summed E-state index contributed by atoms with van der Waals surface area (Å²) in [5, 5.41) is 9.56. The SMILES string of the molecule is CCCCCCCCCCCCN(CCCCCCCCCCCC)CCN(CCO)CCCCCC. The van der Waals surface area contributed by atoms with Crippen LogP contribution in [0.1, 0.15) is 175 Å². The van der Waals surface area contributed by atoms with Gasteiger partial charge in [0.05, 0.1) is 6.61 Å². The van der Waals surface area contributed by atoms with E-state index in [1.807, 2.05) is 0 Å². The minimum atomic E-state index is 0.296. The van der Waals surface area contributed by atoms with Crippen molar-refractivity contribution in [2.75, 3.05) is 45.9 Å². The Morgan fingerprint density at radius 3 is 0.838 bits per heavy atom. The van der Waals surface area contributed by atoms with Gasteiger partial charge in [-0.05, 0) is 38.9 Å². The maximum atomic E-state index is 9.56. The summed E-state index contributed by atoms with van der Waals surface area (Å²) < 4.78 is 0. The van der Waals surface area contributed by atoms with E-state index in [-0.39, 0.29) is 0 Å². The molecule has 3 nitrogen and oxygen atoms in total. The number of unbranched alkanes of at least 4 members (excludes halogenated alkanes) is 21. The molecule has 0 unspecified atom stereocenters. The van der Waals surface area contributed by atoms with Crippen LogP contribution in [0.5, 0.6) is 0 Å². The van der Waals surface area contributed by atoms with Crippen molar-refractivity contribution in [2.45, 2.75) is 175 Å². The van der Waals surface area contributed by atoms with Crippen LogP contribution in [0.3, 0.4) is 0 Å². The van der Waals surface area contributed by atoms with Gasteiger partial charge in [-0.1, -0.05) is 156 Å². The topological polar surface area (TPSA) is 26.7 Å². The lowest BCUT2D eigenvalue weighted by atomic mass is 10.1. The molecule has 0 fully saturated rings. The van der Waals surface area contributed by atoms with Gasteiger partial charge in [0.1, 0.15) is 0 Å². The first kappa shape index (κ1) is 36.9. The maximum absolute atomic E-state index is 9.56. The Balaban J connectivity index is 4.18. The standard InChI is InChI=1S/C34H72N2O/c1-4-7-10-13-15-17-19-21-23-26-28-35(29-27-24-22-20-18-16-14-11-8-5-2)31-32-36(33-34-37)30-25-12-9-6-3/h37H,4-34H2,1-3H3. The summed E-state index contributed by atoms with van der Waals surface area (Å²) in [5.74, 6) is 0. The van der Waals surface area contributed by atoms with E-state index < -0.39 is 0 Å². The van der Waals surface area contributed by atoms with Crippen LogP contribution in [-0.2, 0) is 0 Å². The third-order valence-electron chi connectivity index (χ3n) is 8.13. The Labute approximate surface area is 235 Å². The molecular formula is C34H72N2O. The number of hydrogen-bond donors (Lipinski definition) is 1. The highest BCUT2D eigenvalue weighted by Crippen LogP contribution is 2.13. The first-order chi connectivity index (χ1) is 18.3. The van der Waals surface area contributed by atoms with Crippen molar-refractivity contribution in [3.05, 3.63) is 0 Å². The van der Waals surface area contributed by atoms with Crippen LogP contribution in [0.4, 0.5) is 0 Å². The highest BCUT2D eigenvalue weighted by molar-refractivity contribution is 4.65. The summed E-state index contributed by atoms with van der Waals surface area (Å²) in [4.78, 5) is 5.27. The highest BCUT2D eigenvalue weighted by atomic mass is 16.3. The summed E-state index contributed by atoms with van der Waals surface area (Å²) in [6.07, 6.45) is 33.6. The number of hydrogen-bond acceptors (Lipinski definition) is 3. The first-order valence-electron chi connectivity index (χ1n) is 17.3. The molecule has 0 saturated heterocycles. The first-order valence-corrected chi connectivity index (χ1v) is 17.3. The number of aliphatic hydroxyl groups is 1. The van der Waals surface area contributed by atoms with Crippen LogP contribution in [0, 0.1) is 0 Å². The van der Waals surface area contributed by atoms with Crippen LogP contribution in [0.15, 0.2) is 0 Å². The smallest absolute Gasteiger partial charge is 0.0558 e. The van der Waals surface area contributed by atoms with E-state index in [0.29, 0.717) is 6.61 Å². The molecule has 3 heteroatoms. The normalized spacial score (nSPS) is 11.8. The van der Waals surface area contributed by atoms with Gasteiger partial charge in [-0.2, -0.15) is 0 Å². The quantitative estimate of drug-likeness (QED) is 0.0887. The Bertz CT molecular complexity index is 379. The lowest BCUT2D eigenvalue weighted by Gasteiger charge is -2.27.